The van der Waals surface area contributed by atoms with E-state index in [9.17, 15) is 9.59 Å². The van der Waals surface area contributed by atoms with Crippen LogP contribution in [0.1, 0.15) is 16.8 Å². The lowest BCUT2D eigenvalue weighted by Crippen LogP contribution is -2.23. The summed E-state index contributed by atoms with van der Waals surface area (Å²) in [6.07, 6.45) is 6.09. The van der Waals surface area contributed by atoms with Gasteiger partial charge in [0, 0.05) is 18.6 Å². The van der Waals surface area contributed by atoms with Gasteiger partial charge in [-0.25, -0.2) is 4.79 Å². The van der Waals surface area contributed by atoms with Gasteiger partial charge in [0.05, 0.1) is 24.1 Å². The lowest BCUT2D eigenvalue weighted by Gasteiger charge is -2.08. The van der Waals surface area contributed by atoms with Crippen LogP contribution in [0.15, 0.2) is 64.6 Å². The van der Waals surface area contributed by atoms with Gasteiger partial charge in [-0.05, 0) is 48.7 Å². The van der Waals surface area contributed by atoms with Crippen LogP contribution in [0.25, 0.3) is 16.9 Å². The Kier molecular flexibility index (Phi) is 4.82. The second-order valence-electron chi connectivity index (χ2n) is 6.64. The number of ether oxygens (including phenoxy) is 1. The number of benzene rings is 1. The Labute approximate surface area is 165 Å². The van der Waals surface area contributed by atoms with Gasteiger partial charge in [-0.15, -0.1) is 5.10 Å². The second-order valence-corrected chi connectivity index (χ2v) is 6.64. The fraction of sp³-hybridized carbons (Fsp3) is 0.143. The van der Waals surface area contributed by atoms with E-state index in [1.807, 2.05) is 54.2 Å². The molecule has 0 atom stereocenters. The molecule has 0 spiro atoms. The van der Waals surface area contributed by atoms with E-state index in [1.54, 1.807) is 13.2 Å². The minimum atomic E-state index is -0.562. The van der Waals surface area contributed by atoms with Gasteiger partial charge < -0.3 is 14.3 Å². The molecular weight excluding hydrogens is 370 g/mol. The highest BCUT2D eigenvalue weighted by atomic mass is 16.5. The Morgan fingerprint density at radius 1 is 1.07 bits per heavy atom. The number of hydrogen-bond acceptors (Lipinski definition) is 5. The number of aromatic nitrogens is 5. The third-order valence-electron chi connectivity index (χ3n) is 4.65. The van der Waals surface area contributed by atoms with E-state index in [2.05, 4.69) is 20.2 Å². The number of nitrogens with zero attached hydrogens (tertiary/aromatic N) is 3. The first kappa shape index (κ1) is 18.4. The largest absolute Gasteiger partial charge is 0.497 e. The van der Waals surface area contributed by atoms with Crippen molar-refractivity contribution in [2.75, 3.05) is 7.11 Å². The summed E-state index contributed by atoms with van der Waals surface area (Å²) in [5, 5.41) is 8.28. The number of nitrogens with one attached hydrogen (secondary N) is 2. The van der Waals surface area contributed by atoms with Gasteiger partial charge in [0.25, 0.3) is 5.56 Å². The molecule has 1 aromatic carbocycles. The van der Waals surface area contributed by atoms with E-state index in [1.165, 1.54) is 11.8 Å². The van der Waals surface area contributed by atoms with Crippen LogP contribution in [0.5, 0.6) is 5.75 Å². The zero-order valence-electron chi connectivity index (χ0n) is 16.0. The van der Waals surface area contributed by atoms with Crippen LogP contribution in [0.3, 0.4) is 0 Å². The average molecular weight is 389 g/mol. The number of aryl methyl sites for hydroxylation is 1. The van der Waals surface area contributed by atoms with Crippen molar-refractivity contribution in [1.82, 2.24) is 24.7 Å². The number of methoxy groups -OCH3 is 1. The second kappa shape index (κ2) is 7.59. The molecule has 0 aliphatic rings. The number of hydrogen-bond donors (Lipinski definition) is 2. The van der Waals surface area contributed by atoms with E-state index >= 15 is 0 Å². The molecule has 0 amide bonds. The maximum absolute atomic E-state index is 12.1. The Bertz CT molecular complexity index is 1270. The van der Waals surface area contributed by atoms with E-state index < -0.39 is 11.2 Å². The first-order chi connectivity index (χ1) is 14.0. The van der Waals surface area contributed by atoms with E-state index in [-0.39, 0.29) is 5.56 Å². The van der Waals surface area contributed by atoms with Gasteiger partial charge in [0.1, 0.15) is 11.4 Å². The summed E-state index contributed by atoms with van der Waals surface area (Å²) in [4.78, 5) is 28.0. The van der Waals surface area contributed by atoms with Crippen LogP contribution < -0.4 is 16.0 Å². The highest BCUT2D eigenvalue weighted by Gasteiger charge is 2.11. The lowest BCUT2D eigenvalue weighted by molar-refractivity contribution is 0.414. The Morgan fingerprint density at radius 3 is 2.59 bits per heavy atom. The molecule has 0 fully saturated rings. The molecule has 0 saturated heterocycles. The van der Waals surface area contributed by atoms with Crippen molar-refractivity contribution in [1.29, 1.82) is 0 Å². The average Bonchev–Trinajstić information content (AvgIpc) is 3.17. The van der Waals surface area contributed by atoms with Gasteiger partial charge in [-0.3, -0.25) is 9.78 Å². The highest BCUT2D eigenvalue weighted by molar-refractivity contribution is 5.59. The summed E-state index contributed by atoms with van der Waals surface area (Å²) in [5.41, 5.74) is 3.40. The highest BCUT2D eigenvalue weighted by Crippen LogP contribution is 2.20. The van der Waals surface area contributed by atoms with E-state index in [0.717, 1.165) is 29.1 Å². The molecule has 3 heterocycles. The molecule has 0 bridgehead atoms. The molecule has 4 rings (SSSR count). The van der Waals surface area contributed by atoms with Crippen molar-refractivity contribution in [3.63, 3.8) is 0 Å². The molecule has 8 heteroatoms. The van der Waals surface area contributed by atoms with Gasteiger partial charge in [-0.1, -0.05) is 12.1 Å². The molecule has 0 radical (unpaired) electrons. The molecular formula is C21H19N5O3. The van der Waals surface area contributed by atoms with Crippen LogP contribution in [0, 0.1) is 6.92 Å². The SMILES string of the molecule is COc1ccc(Cc2ccn(-c3cc(-c4c[nH]c(=O)[nH]c4=O)nnc3C)c2)cc1. The van der Waals surface area contributed by atoms with Gasteiger partial charge in [0.2, 0.25) is 0 Å². The lowest BCUT2D eigenvalue weighted by atomic mass is 10.1. The minimum absolute atomic E-state index is 0.254. The van der Waals surface area contributed by atoms with Crippen molar-refractivity contribution >= 4 is 0 Å². The van der Waals surface area contributed by atoms with Crippen molar-refractivity contribution in [2.45, 2.75) is 13.3 Å². The zero-order chi connectivity index (χ0) is 20.4. The van der Waals surface area contributed by atoms with Crippen molar-refractivity contribution in [3.05, 3.63) is 92.6 Å². The van der Waals surface area contributed by atoms with E-state index in [4.69, 9.17) is 4.74 Å². The minimum Gasteiger partial charge on any atom is -0.497 e. The van der Waals surface area contributed by atoms with Crippen molar-refractivity contribution in [2.24, 2.45) is 0 Å². The summed E-state index contributed by atoms with van der Waals surface area (Å²) in [5.74, 6) is 0.828. The Morgan fingerprint density at radius 2 is 1.86 bits per heavy atom. The van der Waals surface area contributed by atoms with Gasteiger partial charge >= 0.3 is 5.69 Å². The molecule has 2 N–H and O–H groups in total. The molecule has 4 aromatic rings. The maximum Gasteiger partial charge on any atom is 0.325 e. The topological polar surface area (TPSA) is 106 Å². The number of rotatable bonds is 5. The van der Waals surface area contributed by atoms with Crippen LogP contribution in [-0.4, -0.2) is 31.8 Å². The molecule has 0 aliphatic heterocycles. The van der Waals surface area contributed by atoms with Crippen LogP contribution in [-0.2, 0) is 6.42 Å². The summed E-state index contributed by atoms with van der Waals surface area (Å²) in [6, 6.07) is 11.8. The standard InChI is InChI=1S/C21H19N5O3/c1-13-19(10-18(25-24-13)17-11-22-21(28)23-20(17)27)26-8-7-15(12-26)9-14-3-5-16(29-2)6-4-14/h3-8,10-12H,9H2,1-2H3,(H2,22,23,27,28). The molecule has 29 heavy (non-hydrogen) atoms. The molecule has 3 aromatic heterocycles. The fourth-order valence-corrected chi connectivity index (χ4v) is 3.11. The predicted molar refractivity (Wildman–Crippen MR) is 109 cm³/mol. The summed E-state index contributed by atoms with van der Waals surface area (Å²) >= 11 is 0. The summed E-state index contributed by atoms with van der Waals surface area (Å²) in [7, 11) is 1.65. The van der Waals surface area contributed by atoms with Gasteiger partial charge in [0.15, 0.2) is 0 Å². The molecule has 0 aliphatic carbocycles. The number of aromatic amines is 2. The molecule has 8 nitrogen and oxygen atoms in total. The quantitative estimate of drug-likeness (QED) is 0.544. The summed E-state index contributed by atoms with van der Waals surface area (Å²) < 4.78 is 7.15. The summed E-state index contributed by atoms with van der Waals surface area (Å²) in [6.45, 7) is 1.85. The van der Waals surface area contributed by atoms with Crippen molar-refractivity contribution < 1.29 is 4.74 Å². The third kappa shape index (κ3) is 3.86. The Balaban J connectivity index is 1.64. The normalized spacial score (nSPS) is 10.8. The van der Waals surface area contributed by atoms with Crippen LogP contribution in [0.4, 0.5) is 0 Å². The maximum atomic E-state index is 12.1. The molecule has 146 valence electrons. The smallest absolute Gasteiger partial charge is 0.325 e. The third-order valence-corrected chi connectivity index (χ3v) is 4.65. The molecule has 0 unspecified atom stereocenters. The molecule has 0 saturated carbocycles. The van der Waals surface area contributed by atoms with Crippen LogP contribution in [0.2, 0.25) is 0 Å². The first-order valence-corrected chi connectivity index (χ1v) is 9.00. The van der Waals surface area contributed by atoms with Crippen molar-refractivity contribution in [3.8, 4) is 22.7 Å². The Hall–Kier alpha value is -3.94. The number of H-pyrrole nitrogens is 2. The first-order valence-electron chi connectivity index (χ1n) is 9.00. The van der Waals surface area contributed by atoms with E-state index in [0.29, 0.717) is 5.69 Å². The monoisotopic (exact) mass is 389 g/mol. The fourth-order valence-electron chi connectivity index (χ4n) is 3.11. The van der Waals surface area contributed by atoms with Crippen LogP contribution >= 0.6 is 0 Å². The van der Waals surface area contributed by atoms with Gasteiger partial charge in [-0.2, -0.15) is 5.10 Å². The predicted octanol–water partition coefficient (Wildman–Crippen LogP) is 2.22. The zero-order valence-corrected chi connectivity index (χ0v) is 16.0.